The van der Waals surface area contributed by atoms with Gasteiger partial charge in [0.15, 0.2) is 0 Å². The zero-order valence-corrected chi connectivity index (χ0v) is 10.9. The highest BCUT2D eigenvalue weighted by Gasteiger charge is 2.09. The summed E-state index contributed by atoms with van der Waals surface area (Å²) in [6.07, 6.45) is 1.69. The highest BCUT2D eigenvalue weighted by atomic mass is 35.5. The van der Waals surface area contributed by atoms with E-state index in [1.807, 2.05) is 36.4 Å². The van der Waals surface area contributed by atoms with E-state index in [1.54, 1.807) is 6.26 Å². The minimum atomic E-state index is 0.616. The van der Waals surface area contributed by atoms with Crippen LogP contribution in [0.15, 0.2) is 47.1 Å². The van der Waals surface area contributed by atoms with Crippen molar-refractivity contribution >= 4 is 11.6 Å². The summed E-state index contributed by atoms with van der Waals surface area (Å²) in [6, 6.07) is 11.7. The van der Waals surface area contributed by atoms with Crippen molar-refractivity contribution < 1.29 is 4.42 Å². The second-order valence-electron chi connectivity index (χ2n) is 4.17. The predicted molar refractivity (Wildman–Crippen MR) is 73.3 cm³/mol. The van der Waals surface area contributed by atoms with Gasteiger partial charge in [0.1, 0.15) is 5.76 Å². The van der Waals surface area contributed by atoms with Crippen molar-refractivity contribution in [2.45, 2.75) is 13.1 Å². The van der Waals surface area contributed by atoms with E-state index < -0.39 is 0 Å². The van der Waals surface area contributed by atoms with Gasteiger partial charge in [0.2, 0.25) is 0 Å². The molecular formula is C14H17ClN2O. The molecule has 4 heteroatoms. The molecule has 2 N–H and O–H groups in total. The van der Waals surface area contributed by atoms with Crippen molar-refractivity contribution in [1.82, 2.24) is 4.90 Å². The summed E-state index contributed by atoms with van der Waals surface area (Å²) in [5, 5.41) is 0.791. The molecule has 0 aliphatic heterocycles. The van der Waals surface area contributed by atoms with Gasteiger partial charge < -0.3 is 10.2 Å². The van der Waals surface area contributed by atoms with Gasteiger partial charge >= 0.3 is 0 Å². The molecule has 0 radical (unpaired) electrons. The number of hydrogen-bond acceptors (Lipinski definition) is 3. The molecule has 0 amide bonds. The zero-order valence-electron chi connectivity index (χ0n) is 10.2. The molecule has 0 aliphatic carbocycles. The molecular weight excluding hydrogens is 248 g/mol. The minimum absolute atomic E-state index is 0.616. The SMILES string of the molecule is NCCN(Cc1ccco1)Cc1ccccc1Cl. The Bertz CT molecular complexity index is 470. The lowest BCUT2D eigenvalue weighted by molar-refractivity contribution is 0.242. The predicted octanol–water partition coefficient (Wildman–Crippen LogP) is 2.89. The normalized spacial score (nSPS) is 11.1. The number of rotatable bonds is 6. The van der Waals surface area contributed by atoms with Crippen molar-refractivity contribution in [3.63, 3.8) is 0 Å². The van der Waals surface area contributed by atoms with Gasteiger partial charge in [-0.2, -0.15) is 0 Å². The van der Waals surface area contributed by atoms with Gasteiger partial charge in [-0.1, -0.05) is 29.8 Å². The average Bonchev–Trinajstić information content (AvgIpc) is 2.85. The number of hydrogen-bond donors (Lipinski definition) is 1. The second-order valence-corrected chi connectivity index (χ2v) is 4.58. The molecule has 1 aromatic heterocycles. The Balaban J connectivity index is 2.04. The molecule has 0 bridgehead atoms. The molecule has 96 valence electrons. The Morgan fingerprint density at radius 1 is 1.11 bits per heavy atom. The van der Waals surface area contributed by atoms with Crippen LogP contribution in [-0.4, -0.2) is 18.0 Å². The van der Waals surface area contributed by atoms with Crippen LogP contribution in [0, 0.1) is 0 Å². The largest absolute Gasteiger partial charge is 0.468 e. The van der Waals surface area contributed by atoms with E-state index in [4.69, 9.17) is 21.8 Å². The third kappa shape index (κ3) is 3.60. The first kappa shape index (κ1) is 13.1. The van der Waals surface area contributed by atoms with E-state index in [-0.39, 0.29) is 0 Å². The number of benzene rings is 1. The molecule has 0 unspecified atom stereocenters. The topological polar surface area (TPSA) is 42.4 Å². The quantitative estimate of drug-likeness (QED) is 0.872. The molecule has 0 saturated heterocycles. The number of nitrogens with two attached hydrogens (primary N) is 1. The molecule has 0 aliphatic rings. The Kier molecular flexibility index (Phi) is 4.81. The molecule has 0 fully saturated rings. The van der Waals surface area contributed by atoms with Gasteiger partial charge in [-0.25, -0.2) is 0 Å². The van der Waals surface area contributed by atoms with Crippen LogP contribution in [-0.2, 0) is 13.1 Å². The van der Waals surface area contributed by atoms with Gasteiger partial charge in [0, 0.05) is 24.7 Å². The lowest BCUT2D eigenvalue weighted by atomic mass is 10.2. The van der Waals surface area contributed by atoms with E-state index in [9.17, 15) is 0 Å². The van der Waals surface area contributed by atoms with Crippen LogP contribution in [0.2, 0.25) is 5.02 Å². The van der Waals surface area contributed by atoms with Crippen LogP contribution in [0.3, 0.4) is 0 Å². The number of nitrogens with zero attached hydrogens (tertiary/aromatic N) is 1. The first-order chi connectivity index (χ1) is 8.79. The molecule has 0 spiro atoms. The van der Waals surface area contributed by atoms with Crippen LogP contribution in [0.1, 0.15) is 11.3 Å². The maximum Gasteiger partial charge on any atom is 0.117 e. The fourth-order valence-corrected chi connectivity index (χ4v) is 2.08. The van der Waals surface area contributed by atoms with Gasteiger partial charge in [0.05, 0.1) is 12.8 Å². The summed E-state index contributed by atoms with van der Waals surface area (Å²) < 4.78 is 5.36. The summed E-state index contributed by atoms with van der Waals surface area (Å²) in [6.45, 7) is 2.95. The summed E-state index contributed by atoms with van der Waals surface area (Å²) >= 11 is 6.17. The van der Waals surface area contributed by atoms with Crippen LogP contribution >= 0.6 is 11.6 Å². The fraction of sp³-hybridized carbons (Fsp3) is 0.286. The zero-order chi connectivity index (χ0) is 12.8. The number of halogens is 1. The van der Waals surface area contributed by atoms with Gasteiger partial charge in [-0.3, -0.25) is 4.90 Å². The molecule has 2 rings (SSSR count). The summed E-state index contributed by atoms with van der Waals surface area (Å²) in [5.41, 5.74) is 6.76. The van der Waals surface area contributed by atoms with Crippen molar-refractivity contribution in [3.8, 4) is 0 Å². The van der Waals surface area contributed by atoms with E-state index in [2.05, 4.69) is 4.90 Å². The van der Waals surface area contributed by atoms with Crippen LogP contribution in [0.4, 0.5) is 0 Å². The summed E-state index contributed by atoms with van der Waals surface area (Å²) in [7, 11) is 0. The number of furan rings is 1. The molecule has 2 aromatic rings. The first-order valence-electron chi connectivity index (χ1n) is 5.98. The monoisotopic (exact) mass is 264 g/mol. The fourth-order valence-electron chi connectivity index (χ4n) is 1.89. The van der Waals surface area contributed by atoms with Gasteiger partial charge in [-0.15, -0.1) is 0 Å². The molecule has 3 nitrogen and oxygen atoms in total. The van der Waals surface area contributed by atoms with Gasteiger partial charge in [-0.05, 0) is 23.8 Å². The molecule has 1 heterocycles. The smallest absolute Gasteiger partial charge is 0.117 e. The second kappa shape index (κ2) is 6.59. The van der Waals surface area contributed by atoms with Crippen LogP contribution in [0.5, 0.6) is 0 Å². The van der Waals surface area contributed by atoms with Crippen molar-refractivity contribution in [2.24, 2.45) is 5.73 Å². The van der Waals surface area contributed by atoms with Crippen molar-refractivity contribution in [2.75, 3.05) is 13.1 Å². The van der Waals surface area contributed by atoms with Crippen LogP contribution in [0.25, 0.3) is 0 Å². The third-order valence-electron chi connectivity index (χ3n) is 2.76. The Hall–Kier alpha value is -1.29. The average molecular weight is 265 g/mol. The van der Waals surface area contributed by atoms with E-state index >= 15 is 0 Å². The summed E-state index contributed by atoms with van der Waals surface area (Å²) in [5.74, 6) is 0.940. The Morgan fingerprint density at radius 3 is 2.61 bits per heavy atom. The minimum Gasteiger partial charge on any atom is -0.468 e. The lowest BCUT2D eigenvalue weighted by Gasteiger charge is -2.21. The van der Waals surface area contributed by atoms with E-state index in [0.717, 1.165) is 36.0 Å². The highest BCUT2D eigenvalue weighted by Crippen LogP contribution is 2.18. The van der Waals surface area contributed by atoms with Crippen LogP contribution < -0.4 is 5.73 Å². The third-order valence-corrected chi connectivity index (χ3v) is 3.13. The van der Waals surface area contributed by atoms with Crippen molar-refractivity contribution in [1.29, 1.82) is 0 Å². The standard InChI is InChI=1S/C14H17ClN2O/c15-14-6-2-1-4-12(14)10-17(8-7-16)11-13-5-3-9-18-13/h1-6,9H,7-8,10-11,16H2. The Morgan fingerprint density at radius 2 is 1.94 bits per heavy atom. The lowest BCUT2D eigenvalue weighted by Crippen LogP contribution is -2.28. The highest BCUT2D eigenvalue weighted by molar-refractivity contribution is 6.31. The van der Waals surface area contributed by atoms with Crippen molar-refractivity contribution in [3.05, 3.63) is 59.0 Å². The maximum atomic E-state index is 6.17. The molecule has 1 aromatic carbocycles. The molecule has 0 atom stereocenters. The van der Waals surface area contributed by atoms with E-state index in [0.29, 0.717) is 6.54 Å². The maximum absolute atomic E-state index is 6.17. The molecule has 18 heavy (non-hydrogen) atoms. The van der Waals surface area contributed by atoms with Gasteiger partial charge in [0.25, 0.3) is 0 Å². The summed E-state index contributed by atoms with van der Waals surface area (Å²) in [4.78, 5) is 2.22. The van der Waals surface area contributed by atoms with E-state index in [1.165, 1.54) is 0 Å². The molecule has 0 saturated carbocycles. The first-order valence-corrected chi connectivity index (χ1v) is 6.35. The Labute approximate surface area is 112 Å².